The molecule has 1 aliphatic heterocycles. The highest BCUT2D eigenvalue weighted by atomic mass is 16.6. The Hall–Kier alpha value is -3.15. The van der Waals surface area contributed by atoms with E-state index < -0.39 is 5.60 Å². The van der Waals surface area contributed by atoms with E-state index in [0.29, 0.717) is 13.1 Å². The molecule has 0 aliphatic carbocycles. The lowest BCUT2D eigenvalue weighted by Crippen LogP contribution is -2.50. The molecule has 0 spiro atoms. The number of carbonyl (C=O) groups is 1. The summed E-state index contributed by atoms with van der Waals surface area (Å²) in [5.41, 5.74) is 2.81. The van der Waals surface area contributed by atoms with Gasteiger partial charge in [-0.2, -0.15) is 0 Å². The summed E-state index contributed by atoms with van der Waals surface area (Å²) < 4.78 is 5.48. The van der Waals surface area contributed by atoms with Gasteiger partial charge in [0.15, 0.2) is 0 Å². The molecular weight excluding hydrogens is 364 g/mol. The molecule has 0 unspecified atom stereocenters. The lowest BCUT2D eigenvalue weighted by atomic mass is 10.0. The highest BCUT2D eigenvalue weighted by Crippen LogP contribution is 2.27. The molecule has 6 heteroatoms. The summed E-state index contributed by atoms with van der Waals surface area (Å²) in [7, 11) is 0. The maximum atomic E-state index is 12.3. The molecule has 29 heavy (non-hydrogen) atoms. The molecule has 1 amide bonds. The van der Waals surface area contributed by atoms with Gasteiger partial charge in [0.05, 0.1) is 11.9 Å². The third kappa shape index (κ3) is 4.47. The van der Waals surface area contributed by atoms with Gasteiger partial charge in [-0.05, 0) is 49.9 Å². The number of hydrogen-bond acceptors (Lipinski definition) is 5. The Morgan fingerprint density at radius 2 is 1.69 bits per heavy atom. The van der Waals surface area contributed by atoms with Gasteiger partial charge in [0.25, 0.3) is 0 Å². The monoisotopic (exact) mass is 390 g/mol. The standard InChI is InChI=1S/C23H26N4O2/c1-23(2,3)29-22(28)27-10-8-26(9-11-27)21-13-20(15-25-16-21)17-4-5-19-14-24-7-6-18(19)12-17/h4-7,12-16H,8-11H2,1-3H3. The van der Waals surface area contributed by atoms with Crippen molar-refractivity contribution in [3.63, 3.8) is 0 Å². The van der Waals surface area contributed by atoms with Crippen LogP contribution in [0.3, 0.4) is 0 Å². The van der Waals surface area contributed by atoms with E-state index in [9.17, 15) is 4.79 Å². The zero-order valence-corrected chi connectivity index (χ0v) is 17.1. The van der Waals surface area contributed by atoms with E-state index >= 15 is 0 Å². The lowest BCUT2D eigenvalue weighted by Gasteiger charge is -2.36. The van der Waals surface area contributed by atoms with Crippen LogP contribution in [0.15, 0.2) is 55.1 Å². The molecule has 1 aromatic carbocycles. The lowest BCUT2D eigenvalue weighted by molar-refractivity contribution is 0.0240. The molecule has 0 N–H and O–H groups in total. The van der Waals surface area contributed by atoms with E-state index in [1.54, 1.807) is 4.90 Å². The number of aromatic nitrogens is 2. The normalized spacial score (nSPS) is 14.9. The second-order valence-electron chi connectivity index (χ2n) is 8.32. The Bertz CT molecular complexity index is 1020. The number of nitrogens with zero attached hydrogens (tertiary/aromatic N) is 4. The average molecular weight is 390 g/mol. The molecule has 0 bridgehead atoms. The van der Waals surface area contributed by atoms with E-state index in [4.69, 9.17) is 4.74 Å². The van der Waals surface area contributed by atoms with Crippen LogP contribution in [0.5, 0.6) is 0 Å². The number of anilines is 1. The molecular formula is C23H26N4O2. The molecule has 0 saturated carbocycles. The van der Waals surface area contributed by atoms with Crippen molar-refractivity contribution in [2.45, 2.75) is 26.4 Å². The van der Waals surface area contributed by atoms with Crippen molar-refractivity contribution in [1.29, 1.82) is 0 Å². The average Bonchev–Trinajstić information content (AvgIpc) is 2.72. The van der Waals surface area contributed by atoms with Gasteiger partial charge in [-0.15, -0.1) is 0 Å². The molecule has 1 fully saturated rings. The first-order valence-electron chi connectivity index (χ1n) is 9.91. The highest BCUT2D eigenvalue weighted by Gasteiger charge is 2.26. The van der Waals surface area contributed by atoms with E-state index in [0.717, 1.165) is 40.7 Å². The van der Waals surface area contributed by atoms with Gasteiger partial charge in [-0.25, -0.2) is 4.79 Å². The zero-order chi connectivity index (χ0) is 20.4. The summed E-state index contributed by atoms with van der Waals surface area (Å²) in [6.45, 7) is 8.47. The number of ether oxygens (including phenoxy) is 1. The Kier molecular flexibility index (Phi) is 5.09. The van der Waals surface area contributed by atoms with Crippen molar-refractivity contribution >= 4 is 22.6 Å². The van der Waals surface area contributed by atoms with Crippen LogP contribution in [0.4, 0.5) is 10.5 Å². The fourth-order valence-corrected chi connectivity index (χ4v) is 3.50. The van der Waals surface area contributed by atoms with Crippen LogP contribution in [0, 0.1) is 0 Å². The van der Waals surface area contributed by atoms with Gasteiger partial charge in [0.2, 0.25) is 0 Å². The van der Waals surface area contributed by atoms with Crippen LogP contribution in [0.2, 0.25) is 0 Å². The molecule has 1 saturated heterocycles. The number of benzene rings is 1. The molecule has 150 valence electrons. The molecule has 4 rings (SSSR count). The van der Waals surface area contributed by atoms with Crippen LogP contribution in [-0.4, -0.2) is 52.7 Å². The van der Waals surface area contributed by atoms with Crippen molar-refractivity contribution in [3.8, 4) is 11.1 Å². The quantitative estimate of drug-likeness (QED) is 0.651. The molecule has 6 nitrogen and oxygen atoms in total. The number of hydrogen-bond donors (Lipinski definition) is 0. The van der Waals surface area contributed by atoms with Crippen molar-refractivity contribution in [1.82, 2.24) is 14.9 Å². The molecule has 3 heterocycles. The number of rotatable bonds is 2. The third-order valence-electron chi connectivity index (χ3n) is 4.99. The predicted octanol–water partition coefficient (Wildman–Crippen LogP) is 4.35. The minimum atomic E-state index is -0.470. The first-order valence-corrected chi connectivity index (χ1v) is 9.91. The number of amides is 1. The smallest absolute Gasteiger partial charge is 0.410 e. The molecule has 0 atom stereocenters. The SMILES string of the molecule is CC(C)(C)OC(=O)N1CCN(c2cncc(-c3ccc4cnccc4c3)c2)CC1. The summed E-state index contributed by atoms with van der Waals surface area (Å²) in [5, 5.41) is 2.28. The van der Waals surface area contributed by atoms with Crippen molar-refractivity contribution in [3.05, 3.63) is 55.1 Å². The van der Waals surface area contributed by atoms with Gasteiger partial charge < -0.3 is 14.5 Å². The Morgan fingerprint density at radius 3 is 2.45 bits per heavy atom. The molecule has 3 aromatic rings. The van der Waals surface area contributed by atoms with Gasteiger partial charge in [0, 0.05) is 55.7 Å². The van der Waals surface area contributed by atoms with E-state index in [2.05, 4.69) is 39.1 Å². The summed E-state index contributed by atoms with van der Waals surface area (Å²) in [4.78, 5) is 24.9. The van der Waals surface area contributed by atoms with Crippen LogP contribution in [-0.2, 0) is 4.74 Å². The summed E-state index contributed by atoms with van der Waals surface area (Å²) >= 11 is 0. The number of carbonyl (C=O) groups excluding carboxylic acids is 1. The summed E-state index contributed by atoms with van der Waals surface area (Å²) in [5.74, 6) is 0. The van der Waals surface area contributed by atoms with Gasteiger partial charge in [-0.3, -0.25) is 9.97 Å². The number of pyridine rings is 2. The van der Waals surface area contributed by atoms with Crippen molar-refractivity contribution in [2.75, 3.05) is 31.1 Å². The Labute approximate surface area is 171 Å². The number of fused-ring (bicyclic) bond motifs is 1. The minimum Gasteiger partial charge on any atom is -0.444 e. The fourth-order valence-electron chi connectivity index (χ4n) is 3.50. The number of piperazine rings is 1. The van der Waals surface area contributed by atoms with Gasteiger partial charge >= 0.3 is 6.09 Å². The van der Waals surface area contributed by atoms with Crippen molar-refractivity contribution in [2.24, 2.45) is 0 Å². The highest BCUT2D eigenvalue weighted by molar-refractivity contribution is 5.86. The second-order valence-corrected chi connectivity index (χ2v) is 8.32. The first-order chi connectivity index (χ1) is 13.9. The molecule has 1 aliphatic rings. The van der Waals surface area contributed by atoms with E-state index in [1.165, 1.54) is 0 Å². The summed E-state index contributed by atoms with van der Waals surface area (Å²) in [6.07, 6.45) is 7.22. The van der Waals surface area contributed by atoms with Crippen molar-refractivity contribution < 1.29 is 9.53 Å². The topological polar surface area (TPSA) is 58.6 Å². The second kappa shape index (κ2) is 7.70. The zero-order valence-electron chi connectivity index (χ0n) is 17.1. The van der Waals surface area contributed by atoms with Crippen LogP contribution in [0.25, 0.3) is 21.9 Å². The van der Waals surface area contributed by atoms with E-state index in [-0.39, 0.29) is 6.09 Å². The maximum Gasteiger partial charge on any atom is 0.410 e. The minimum absolute atomic E-state index is 0.241. The molecule has 0 radical (unpaired) electrons. The maximum absolute atomic E-state index is 12.3. The Balaban J connectivity index is 1.47. The van der Waals surface area contributed by atoms with E-state index in [1.807, 2.05) is 51.6 Å². The van der Waals surface area contributed by atoms with Crippen LogP contribution in [0.1, 0.15) is 20.8 Å². The Morgan fingerprint density at radius 1 is 0.897 bits per heavy atom. The summed E-state index contributed by atoms with van der Waals surface area (Å²) in [6, 6.07) is 10.5. The predicted molar refractivity (Wildman–Crippen MR) is 115 cm³/mol. The molecule has 2 aromatic heterocycles. The van der Waals surface area contributed by atoms with Gasteiger partial charge in [-0.1, -0.05) is 12.1 Å². The van der Waals surface area contributed by atoms with Crippen LogP contribution >= 0.6 is 0 Å². The van der Waals surface area contributed by atoms with Crippen LogP contribution < -0.4 is 4.90 Å². The third-order valence-corrected chi connectivity index (χ3v) is 4.99. The van der Waals surface area contributed by atoms with Gasteiger partial charge in [0.1, 0.15) is 5.60 Å². The largest absolute Gasteiger partial charge is 0.444 e. The fraction of sp³-hybridized carbons (Fsp3) is 0.348. The first kappa shape index (κ1) is 19.2.